The Hall–Kier alpha value is -1.26. The maximum Gasteiger partial charge on any atom is 0.0998 e. The van der Waals surface area contributed by atoms with Crippen LogP contribution in [0.15, 0.2) is 29.8 Å². The molecule has 0 saturated heterocycles. The highest BCUT2D eigenvalue weighted by molar-refractivity contribution is 7.09. The monoisotopic (exact) mass is 220 g/mol. The molecule has 0 atom stereocenters. The molecule has 0 aromatic carbocycles. The van der Waals surface area contributed by atoms with Crippen molar-refractivity contribution in [2.45, 2.75) is 12.8 Å². The van der Waals surface area contributed by atoms with Crippen LogP contribution in [-0.4, -0.2) is 21.7 Å². The van der Waals surface area contributed by atoms with Crippen LogP contribution in [0.5, 0.6) is 0 Å². The number of hydrogen-bond acceptors (Lipinski definition) is 4. The number of hydrogen-bond donors (Lipinski definition) is 1. The topological polar surface area (TPSA) is 46.0 Å². The molecule has 78 valence electrons. The summed E-state index contributed by atoms with van der Waals surface area (Å²) < 4.78 is 0. The highest BCUT2D eigenvalue weighted by atomic mass is 32.1. The molecule has 0 spiro atoms. The van der Waals surface area contributed by atoms with Crippen molar-refractivity contribution in [3.8, 4) is 11.4 Å². The molecule has 2 aromatic rings. The average molecular weight is 220 g/mol. The van der Waals surface area contributed by atoms with Crippen molar-refractivity contribution >= 4 is 11.3 Å². The quantitative estimate of drug-likeness (QED) is 0.858. The molecule has 0 aliphatic rings. The van der Waals surface area contributed by atoms with Gasteiger partial charge in [-0.1, -0.05) is 6.07 Å². The molecular weight excluding hydrogens is 208 g/mol. The number of nitrogens with zero attached hydrogens (tertiary/aromatic N) is 2. The maximum atomic E-state index is 8.72. The fourth-order valence-corrected chi connectivity index (χ4v) is 2.12. The van der Waals surface area contributed by atoms with Gasteiger partial charge in [-0.25, -0.2) is 4.98 Å². The zero-order valence-corrected chi connectivity index (χ0v) is 9.07. The van der Waals surface area contributed by atoms with Crippen LogP contribution in [0.4, 0.5) is 0 Å². The van der Waals surface area contributed by atoms with E-state index in [2.05, 4.69) is 9.97 Å². The van der Waals surface area contributed by atoms with Crippen molar-refractivity contribution < 1.29 is 5.11 Å². The van der Waals surface area contributed by atoms with Crippen molar-refractivity contribution in [1.82, 2.24) is 9.97 Å². The Morgan fingerprint density at radius 1 is 1.27 bits per heavy atom. The molecule has 0 aliphatic heterocycles. The SMILES string of the molecule is OCCCc1nc(-c2ccccn2)cs1. The molecule has 0 radical (unpaired) electrons. The van der Waals surface area contributed by atoms with Crippen molar-refractivity contribution in [3.63, 3.8) is 0 Å². The maximum absolute atomic E-state index is 8.72. The summed E-state index contributed by atoms with van der Waals surface area (Å²) in [7, 11) is 0. The molecule has 2 rings (SSSR count). The molecule has 0 saturated carbocycles. The Labute approximate surface area is 92.5 Å². The van der Waals surface area contributed by atoms with Gasteiger partial charge in [0, 0.05) is 24.6 Å². The van der Waals surface area contributed by atoms with E-state index in [1.165, 1.54) is 0 Å². The van der Waals surface area contributed by atoms with E-state index in [1.807, 2.05) is 23.6 Å². The van der Waals surface area contributed by atoms with E-state index >= 15 is 0 Å². The lowest BCUT2D eigenvalue weighted by Crippen LogP contribution is -1.89. The zero-order valence-electron chi connectivity index (χ0n) is 8.26. The second-order valence-electron chi connectivity index (χ2n) is 3.17. The van der Waals surface area contributed by atoms with E-state index < -0.39 is 0 Å². The van der Waals surface area contributed by atoms with Gasteiger partial charge in [0.05, 0.1) is 16.4 Å². The van der Waals surface area contributed by atoms with E-state index in [9.17, 15) is 0 Å². The summed E-state index contributed by atoms with van der Waals surface area (Å²) in [4.78, 5) is 8.70. The first-order valence-corrected chi connectivity index (χ1v) is 5.75. The highest BCUT2D eigenvalue weighted by Crippen LogP contribution is 2.20. The van der Waals surface area contributed by atoms with Gasteiger partial charge in [-0.3, -0.25) is 4.98 Å². The van der Waals surface area contributed by atoms with Crippen LogP contribution in [0.2, 0.25) is 0 Å². The standard InChI is InChI=1S/C11H12N2OS/c14-7-3-5-11-13-10(8-15-11)9-4-1-2-6-12-9/h1-2,4,6,8,14H,3,5,7H2. The van der Waals surface area contributed by atoms with E-state index in [4.69, 9.17) is 5.11 Å². The van der Waals surface area contributed by atoms with Crippen molar-refractivity contribution in [3.05, 3.63) is 34.8 Å². The number of thiazole rings is 1. The second-order valence-corrected chi connectivity index (χ2v) is 4.11. The molecule has 3 nitrogen and oxygen atoms in total. The van der Waals surface area contributed by atoms with Gasteiger partial charge in [0.15, 0.2) is 0 Å². The minimum Gasteiger partial charge on any atom is -0.396 e. The lowest BCUT2D eigenvalue weighted by molar-refractivity contribution is 0.288. The average Bonchev–Trinajstić information content (AvgIpc) is 2.76. The minimum absolute atomic E-state index is 0.221. The first-order valence-electron chi connectivity index (χ1n) is 4.87. The molecular formula is C11H12N2OS. The Balaban J connectivity index is 2.14. The molecule has 2 aromatic heterocycles. The van der Waals surface area contributed by atoms with E-state index in [0.29, 0.717) is 0 Å². The molecule has 15 heavy (non-hydrogen) atoms. The Morgan fingerprint density at radius 2 is 2.20 bits per heavy atom. The fraction of sp³-hybridized carbons (Fsp3) is 0.273. The Morgan fingerprint density at radius 3 is 2.93 bits per heavy atom. The van der Waals surface area contributed by atoms with Crippen LogP contribution in [-0.2, 0) is 6.42 Å². The first-order chi connectivity index (χ1) is 7.40. The van der Waals surface area contributed by atoms with Gasteiger partial charge >= 0.3 is 0 Å². The van der Waals surface area contributed by atoms with Crippen molar-refractivity contribution in [2.24, 2.45) is 0 Å². The molecule has 0 fully saturated rings. The molecule has 0 unspecified atom stereocenters. The molecule has 1 N–H and O–H groups in total. The lowest BCUT2D eigenvalue weighted by Gasteiger charge is -1.93. The highest BCUT2D eigenvalue weighted by Gasteiger charge is 2.04. The molecule has 0 amide bonds. The summed E-state index contributed by atoms with van der Waals surface area (Å²) in [5.41, 5.74) is 1.83. The number of aryl methyl sites for hydroxylation is 1. The minimum atomic E-state index is 0.221. The van der Waals surface area contributed by atoms with Crippen molar-refractivity contribution in [1.29, 1.82) is 0 Å². The zero-order chi connectivity index (χ0) is 10.5. The summed E-state index contributed by atoms with van der Waals surface area (Å²) in [5.74, 6) is 0. The number of aromatic nitrogens is 2. The van der Waals surface area contributed by atoms with Gasteiger partial charge in [0.2, 0.25) is 0 Å². The van der Waals surface area contributed by atoms with Crippen LogP contribution in [0, 0.1) is 0 Å². The Bertz CT molecular complexity index is 414. The fourth-order valence-electron chi connectivity index (χ4n) is 1.29. The van der Waals surface area contributed by atoms with E-state index in [-0.39, 0.29) is 6.61 Å². The lowest BCUT2D eigenvalue weighted by atomic mass is 10.3. The Kier molecular flexibility index (Phi) is 3.42. The molecule has 0 aliphatic carbocycles. The second kappa shape index (κ2) is 5.00. The normalized spacial score (nSPS) is 10.5. The van der Waals surface area contributed by atoms with Crippen LogP contribution < -0.4 is 0 Å². The largest absolute Gasteiger partial charge is 0.396 e. The third-order valence-corrected chi connectivity index (χ3v) is 2.94. The third-order valence-electron chi connectivity index (χ3n) is 2.03. The first kappa shape index (κ1) is 10.3. The van der Waals surface area contributed by atoms with Crippen LogP contribution >= 0.6 is 11.3 Å². The van der Waals surface area contributed by atoms with Gasteiger partial charge in [0.25, 0.3) is 0 Å². The number of aliphatic hydroxyl groups is 1. The predicted octanol–water partition coefficient (Wildman–Crippen LogP) is 2.13. The molecule has 0 bridgehead atoms. The van der Waals surface area contributed by atoms with Gasteiger partial charge in [0.1, 0.15) is 0 Å². The number of pyridine rings is 1. The van der Waals surface area contributed by atoms with Gasteiger partial charge in [-0.15, -0.1) is 11.3 Å². The van der Waals surface area contributed by atoms with E-state index in [1.54, 1.807) is 17.5 Å². The molecule has 4 heteroatoms. The van der Waals surface area contributed by atoms with Gasteiger partial charge in [-0.05, 0) is 18.6 Å². The third kappa shape index (κ3) is 2.61. The van der Waals surface area contributed by atoms with Crippen LogP contribution in [0.1, 0.15) is 11.4 Å². The smallest absolute Gasteiger partial charge is 0.0998 e. The van der Waals surface area contributed by atoms with Crippen molar-refractivity contribution in [2.75, 3.05) is 6.61 Å². The summed E-state index contributed by atoms with van der Waals surface area (Å²) in [6.45, 7) is 0.221. The predicted molar refractivity (Wildman–Crippen MR) is 60.8 cm³/mol. The summed E-state index contributed by atoms with van der Waals surface area (Å²) >= 11 is 1.62. The van der Waals surface area contributed by atoms with Gasteiger partial charge < -0.3 is 5.11 Å². The molecule has 2 heterocycles. The van der Waals surface area contributed by atoms with E-state index in [0.717, 1.165) is 29.2 Å². The summed E-state index contributed by atoms with van der Waals surface area (Å²) in [6, 6.07) is 5.79. The van der Waals surface area contributed by atoms with Crippen LogP contribution in [0.25, 0.3) is 11.4 Å². The number of aliphatic hydroxyl groups excluding tert-OH is 1. The summed E-state index contributed by atoms with van der Waals surface area (Å²) in [6.07, 6.45) is 3.38. The number of rotatable bonds is 4. The van der Waals surface area contributed by atoms with Crippen LogP contribution in [0.3, 0.4) is 0 Å². The summed E-state index contributed by atoms with van der Waals surface area (Å²) in [5, 5.41) is 11.8. The van der Waals surface area contributed by atoms with Gasteiger partial charge in [-0.2, -0.15) is 0 Å².